The molecule has 0 amide bonds. The molecule has 2 aliphatic rings. The number of H-pyrrole nitrogens is 1. The number of nitro benzene ring substituents is 1. The molecule has 2 aromatic rings. The summed E-state index contributed by atoms with van der Waals surface area (Å²) in [7, 11) is -9.57. The number of ether oxygens (including phenoxy) is 2. The van der Waals surface area contributed by atoms with Crippen LogP contribution in [0.2, 0.25) is 0 Å². The third-order valence-electron chi connectivity index (χ3n) is 6.76. The molecule has 0 spiro atoms. The maximum atomic E-state index is 12.6. The molecule has 3 heterocycles. The van der Waals surface area contributed by atoms with Gasteiger partial charge in [-0.2, -0.15) is 4.31 Å². The number of nitrogens with one attached hydrogen (secondary N) is 1. The number of hydrogen-bond donors (Lipinski definition) is 9. The summed E-state index contributed by atoms with van der Waals surface area (Å²) in [5.41, 5.74) is -3.05. The minimum Gasteiger partial charge on any atom is -0.477 e. The number of hydrogen-bond acceptors (Lipinski definition) is 19. The summed E-state index contributed by atoms with van der Waals surface area (Å²) in [6.07, 6.45) is -15.7. The molecule has 1 aromatic carbocycles. The van der Waals surface area contributed by atoms with Gasteiger partial charge in [0.25, 0.3) is 11.2 Å². The molecule has 0 aliphatic carbocycles. The third-order valence-corrected chi connectivity index (χ3v) is 11.7. The second-order valence-corrected chi connectivity index (χ2v) is 15.5. The van der Waals surface area contributed by atoms with E-state index in [-0.39, 0.29) is 10.6 Å². The van der Waals surface area contributed by atoms with E-state index in [2.05, 4.69) is 13.4 Å². The number of phosphoric acid groups is 2. The number of nitrogens with zero attached hydrogens (tertiary/aromatic N) is 2. The molecule has 2 saturated heterocycles. The van der Waals surface area contributed by atoms with Crippen LogP contribution in [0.1, 0.15) is 16.6 Å². The third kappa shape index (κ3) is 9.62. The van der Waals surface area contributed by atoms with Crippen molar-refractivity contribution in [1.82, 2.24) is 9.55 Å². The largest absolute Gasteiger partial charge is 0.483 e. The quantitative estimate of drug-likeness (QED) is 0.0445. The van der Waals surface area contributed by atoms with Crippen molar-refractivity contribution in [3.63, 3.8) is 0 Å². The Morgan fingerprint density at radius 1 is 0.980 bits per heavy atom. The monoisotopic (exact) mass is 779 g/mol. The van der Waals surface area contributed by atoms with E-state index in [4.69, 9.17) is 9.47 Å². The Bertz CT molecular complexity index is 1760. The van der Waals surface area contributed by atoms with Crippen LogP contribution in [-0.2, 0) is 32.0 Å². The van der Waals surface area contributed by atoms with Gasteiger partial charge in [-0.25, -0.2) is 18.7 Å². The maximum absolute atomic E-state index is 12.6. The van der Waals surface area contributed by atoms with Gasteiger partial charge in [0.15, 0.2) is 12.5 Å². The number of aromatic nitrogens is 2. The minimum atomic E-state index is -5.72. The van der Waals surface area contributed by atoms with E-state index in [0.29, 0.717) is 4.57 Å². The number of rotatable bonds is 14. The van der Waals surface area contributed by atoms with Crippen molar-refractivity contribution < 1.29 is 82.1 Å². The van der Waals surface area contributed by atoms with Crippen LogP contribution >= 0.6 is 37.2 Å². The van der Waals surface area contributed by atoms with Crippen molar-refractivity contribution >= 4 is 48.9 Å². The van der Waals surface area contributed by atoms with Crippen LogP contribution in [0.25, 0.3) is 0 Å². The van der Waals surface area contributed by atoms with Crippen LogP contribution in [0.5, 0.6) is 0 Å². The normalized spacial score (nSPS) is 31.1. The Hall–Kier alpha value is -2.55. The lowest BCUT2D eigenvalue weighted by molar-refractivity contribution is -0.385. The Morgan fingerprint density at radius 3 is 2.29 bits per heavy atom. The number of carboxylic acids is 1. The van der Waals surface area contributed by atoms with Crippen LogP contribution in [0.4, 0.5) is 5.69 Å². The lowest BCUT2D eigenvalue weighted by Gasteiger charge is -2.40. The Morgan fingerprint density at radius 2 is 1.65 bits per heavy atom. The van der Waals surface area contributed by atoms with Gasteiger partial charge in [-0.3, -0.25) is 33.5 Å². The van der Waals surface area contributed by atoms with Gasteiger partial charge in [0.1, 0.15) is 42.2 Å². The van der Waals surface area contributed by atoms with E-state index in [1.807, 2.05) is 4.98 Å². The Labute approximate surface area is 279 Å². The number of carboxylic acid groups (broad SMARTS) is 1. The van der Waals surface area contributed by atoms with Gasteiger partial charge in [-0.1, -0.05) is 21.6 Å². The summed E-state index contributed by atoms with van der Waals surface area (Å²) in [6.45, 7) is -1.08. The number of aliphatic hydroxyl groups is 5. The van der Waals surface area contributed by atoms with Gasteiger partial charge in [-0.05, 0) is 12.1 Å². The molecule has 0 saturated carbocycles. The van der Waals surface area contributed by atoms with Crippen molar-refractivity contribution in [3.8, 4) is 0 Å². The Kier molecular flexibility index (Phi) is 12.6. The summed E-state index contributed by atoms with van der Waals surface area (Å²) >= 11 is 0. The first-order valence-corrected chi connectivity index (χ1v) is 18.6. The fourth-order valence-corrected chi connectivity index (χ4v) is 8.79. The molecule has 4 rings (SSSR count). The van der Waals surface area contributed by atoms with Crippen LogP contribution in [0.15, 0.2) is 44.9 Å². The first-order chi connectivity index (χ1) is 22.8. The molecule has 0 bridgehead atoms. The molecule has 49 heavy (non-hydrogen) atoms. The van der Waals surface area contributed by atoms with Gasteiger partial charge in [0.2, 0.25) is 0 Å². The molecule has 2 aliphatic heterocycles. The molecule has 2 fully saturated rings. The van der Waals surface area contributed by atoms with Crippen LogP contribution in [0, 0.1) is 10.1 Å². The SMILES string of the molecule is O=C(O)c1cc(SSC[C@H]2OC(OP(=O)(O)OP(=O)(O)OCC3OC(n4ccc(=O)[nH]c4=O)C(O)C3O)[C@H](O)[C@@H](O)[C@H]2O)ccc1[N+](=O)[O-]. The van der Waals surface area contributed by atoms with Gasteiger partial charge in [0.05, 0.1) is 17.6 Å². The molecule has 0 radical (unpaired) electrons. The fraction of sp³-hybridized carbons (Fsp3) is 0.500. The summed E-state index contributed by atoms with van der Waals surface area (Å²) < 4.78 is 49.7. The van der Waals surface area contributed by atoms with Crippen LogP contribution < -0.4 is 11.2 Å². The standard InChI is InChI=1S/C22H27N3O20P2S2/c26-13-3-4-24(22(34)23-13)19-17(30)14(27)11(42-19)6-41-46(37,38)45-47(39,40)44-21-18(31)16(29)15(28)12(43-21)7-48-49-8-1-2-10(25(35)36)9(5-8)20(32)33/h1-5,11-12,14-19,21,27-31H,6-7H2,(H,32,33)(H,37,38)(H,39,40)(H,23,26,34)/t11?,12-,14?,15+,16+,17?,18-,19?,21?/m1/s1. The van der Waals surface area contributed by atoms with Crippen LogP contribution in [-0.4, -0.2) is 122 Å². The van der Waals surface area contributed by atoms with Gasteiger partial charge in [-0.15, -0.1) is 0 Å². The average Bonchev–Trinajstić information content (AvgIpc) is 3.29. The van der Waals surface area contributed by atoms with E-state index >= 15 is 0 Å². The highest BCUT2D eigenvalue weighted by Crippen LogP contribution is 2.61. The lowest BCUT2D eigenvalue weighted by atomic mass is 10.0. The first kappa shape index (κ1) is 39.2. The summed E-state index contributed by atoms with van der Waals surface area (Å²) in [5.74, 6) is -1.83. The summed E-state index contributed by atoms with van der Waals surface area (Å²) in [6, 6.07) is 4.14. The molecule has 11 atom stereocenters. The smallest absolute Gasteiger partial charge is 0.477 e. The van der Waals surface area contributed by atoms with Crippen molar-refractivity contribution in [2.24, 2.45) is 0 Å². The second kappa shape index (κ2) is 15.8. The highest BCUT2D eigenvalue weighted by molar-refractivity contribution is 8.76. The Balaban J connectivity index is 1.34. The number of nitro groups is 1. The number of benzene rings is 1. The molecular formula is C22H27N3O20P2S2. The predicted molar refractivity (Wildman–Crippen MR) is 160 cm³/mol. The summed E-state index contributed by atoms with van der Waals surface area (Å²) in [4.78, 5) is 67.1. The van der Waals surface area contributed by atoms with Crippen molar-refractivity contribution in [1.29, 1.82) is 0 Å². The van der Waals surface area contributed by atoms with E-state index < -0.39 is 111 Å². The topological polar surface area (TPSA) is 357 Å². The van der Waals surface area contributed by atoms with Crippen LogP contribution in [0.3, 0.4) is 0 Å². The molecule has 272 valence electrons. The van der Waals surface area contributed by atoms with Crippen molar-refractivity contribution in [3.05, 3.63) is 67.0 Å². The van der Waals surface area contributed by atoms with Gasteiger partial charge < -0.3 is 49.9 Å². The van der Waals surface area contributed by atoms with Gasteiger partial charge in [0, 0.05) is 29.0 Å². The van der Waals surface area contributed by atoms with E-state index in [1.165, 1.54) is 6.07 Å². The van der Waals surface area contributed by atoms with E-state index in [9.17, 15) is 74.1 Å². The number of carbonyl (C=O) groups is 1. The van der Waals surface area contributed by atoms with Crippen molar-refractivity contribution in [2.75, 3.05) is 12.4 Å². The average molecular weight is 780 g/mol. The zero-order valence-electron chi connectivity index (χ0n) is 24.1. The molecule has 1 aromatic heterocycles. The molecule has 9 N–H and O–H groups in total. The van der Waals surface area contributed by atoms with E-state index in [0.717, 1.165) is 46.0 Å². The number of aliphatic hydroxyl groups excluding tert-OH is 5. The highest BCUT2D eigenvalue weighted by atomic mass is 33.1. The maximum Gasteiger partial charge on any atom is 0.483 e. The number of aromatic carboxylic acids is 1. The molecular weight excluding hydrogens is 752 g/mol. The molecule has 27 heteroatoms. The van der Waals surface area contributed by atoms with Gasteiger partial charge >= 0.3 is 27.3 Å². The molecule has 23 nitrogen and oxygen atoms in total. The highest BCUT2D eigenvalue weighted by Gasteiger charge is 2.49. The molecule has 7 unspecified atom stereocenters. The first-order valence-electron chi connectivity index (χ1n) is 13.3. The predicted octanol–water partition coefficient (Wildman–Crippen LogP) is -1.74. The minimum absolute atomic E-state index is 0.226. The fourth-order valence-electron chi connectivity index (χ4n) is 4.40. The number of phosphoric ester groups is 2. The zero-order valence-corrected chi connectivity index (χ0v) is 27.5. The zero-order chi connectivity index (χ0) is 36.4. The lowest BCUT2D eigenvalue weighted by Crippen LogP contribution is -2.58. The second-order valence-electron chi connectivity index (χ2n) is 10.1. The van der Waals surface area contributed by atoms with E-state index in [1.54, 1.807) is 0 Å². The number of aromatic amines is 1. The van der Waals surface area contributed by atoms with Crippen molar-refractivity contribution in [2.45, 2.75) is 60.1 Å². The summed E-state index contributed by atoms with van der Waals surface area (Å²) in [5, 5.41) is 71.6.